The molecule has 3 aromatic rings. The van der Waals surface area contributed by atoms with Crippen molar-refractivity contribution in [3.8, 4) is 22.8 Å². The van der Waals surface area contributed by atoms with E-state index in [-0.39, 0.29) is 4.88 Å². The van der Waals surface area contributed by atoms with Crippen LogP contribution in [0, 0.1) is 0 Å². The van der Waals surface area contributed by atoms with Crippen LogP contribution in [0.5, 0.6) is 11.5 Å². The number of hydrogen-bond acceptors (Lipinski definition) is 6. The molecule has 1 aliphatic rings. The first-order valence-electron chi connectivity index (χ1n) is 8.74. The summed E-state index contributed by atoms with van der Waals surface area (Å²) in [6, 6.07) is 16.9. The molecule has 6 nitrogen and oxygen atoms in total. The molecular formula is C20H19N3O3S. The average molecular weight is 381 g/mol. The molecule has 1 fully saturated rings. The predicted molar refractivity (Wildman–Crippen MR) is 106 cm³/mol. The van der Waals surface area contributed by atoms with Crippen LogP contribution in [-0.4, -0.2) is 42.2 Å². The molecule has 1 aliphatic heterocycles. The second-order valence-corrected chi connectivity index (χ2v) is 7.13. The third-order valence-electron chi connectivity index (χ3n) is 4.30. The number of hydrogen-bond donors (Lipinski definition) is 2. The minimum Gasteiger partial charge on any atom is -0.477 e. The van der Waals surface area contributed by atoms with Gasteiger partial charge in [0, 0.05) is 31.7 Å². The molecule has 0 aliphatic carbocycles. The number of para-hydroxylation sites is 1. The molecule has 0 bridgehead atoms. The lowest BCUT2D eigenvalue weighted by atomic mass is 10.1. The van der Waals surface area contributed by atoms with Crippen LogP contribution in [0.1, 0.15) is 9.67 Å². The summed E-state index contributed by atoms with van der Waals surface area (Å²) in [6.07, 6.45) is 0. The van der Waals surface area contributed by atoms with Crippen molar-refractivity contribution in [2.75, 3.05) is 31.1 Å². The van der Waals surface area contributed by atoms with Crippen molar-refractivity contribution in [2.24, 2.45) is 0 Å². The largest absolute Gasteiger partial charge is 0.477 e. The van der Waals surface area contributed by atoms with Crippen molar-refractivity contribution in [2.45, 2.75) is 0 Å². The van der Waals surface area contributed by atoms with Crippen LogP contribution in [-0.2, 0) is 0 Å². The van der Waals surface area contributed by atoms with Gasteiger partial charge in [0.2, 0.25) is 0 Å². The van der Waals surface area contributed by atoms with Gasteiger partial charge in [0.25, 0.3) is 0 Å². The Kier molecular flexibility index (Phi) is 5.04. The molecule has 2 heterocycles. The minimum absolute atomic E-state index is 0.264. The van der Waals surface area contributed by atoms with Gasteiger partial charge in [0.1, 0.15) is 16.4 Å². The Labute approximate surface area is 161 Å². The lowest BCUT2D eigenvalue weighted by Gasteiger charge is -2.26. The van der Waals surface area contributed by atoms with E-state index in [0.717, 1.165) is 42.6 Å². The number of carboxylic acid groups (broad SMARTS) is 1. The highest BCUT2D eigenvalue weighted by Crippen LogP contribution is 2.34. The molecule has 138 valence electrons. The Hall–Kier alpha value is -2.90. The van der Waals surface area contributed by atoms with Gasteiger partial charge in [-0.2, -0.15) is 0 Å². The Bertz CT molecular complexity index is 919. The zero-order valence-corrected chi connectivity index (χ0v) is 15.4. The molecule has 0 amide bonds. The van der Waals surface area contributed by atoms with Gasteiger partial charge >= 0.3 is 5.97 Å². The number of nitrogens with one attached hydrogen (secondary N) is 1. The van der Waals surface area contributed by atoms with Crippen molar-refractivity contribution in [3.05, 3.63) is 59.5 Å². The number of thiazole rings is 1. The van der Waals surface area contributed by atoms with Crippen molar-refractivity contribution in [3.63, 3.8) is 0 Å². The monoisotopic (exact) mass is 381 g/mol. The maximum Gasteiger partial charge on any atom is 0.348 e. The number of piperazine rings is 1. The maximum atomic E-state index is 11.7. The Morgan fingerprint density at radius 3 is 2.37 bits per heavy atom. The zero-order valence-electron chi connectivity index (χ0n) is 14.6. The molecule has 0 radical (unpaired) electrons. The van der Waals surface area contributed by atoms with Gasteiger partial charge in [0.15, 0.2) is 5.13 Å². The summed E-state index contributed by atoms with van der Waals surface area (Å²) >= 11 is 1.23. The molecule has 0 spiro atoms. The summed E-state index contributed by atoms with van der Waals surface area (Å²) in [5.41, 5.74) is 1.28. The Balaban J connectivity index is 1.60. The number of ether oxygens (including phenoxy) is 1. The lowest BCUT2D eigenvalue weighted by molar-refractivity contribution is 0.0702. The van der Waals surface area contributed by atoms with Gasteiger partial charge in [-0.15, -0.1) is 0 Å². The van der Waals surface area contributed by atoms with Gasteiger partial charge in [-0.3, -0.25) is 0 Å². The smallest absolute Gasteiger partial charge is 0.348 e. The van der Waals surface area contributed by atoms with E-state index in [1.54, 1.807) is 0 Å². The van der Waals surface area contributed by atoms with E-state index < -0.39 is 5.97 Å². The summed E-state index contributed by atoms with van der Waals surface area (Å²) in [5.74, 6) is 0.499. The van der Waals surface area contributed by atoms with Crippen molar-refractivity contribution < 1.29 is 14.6 Å². The molecule has 0 atom stereocenters. The number of carboxylic acids is 1. The molecule has 4 rings (SSSR count). The molecule has 27 heavy (non-hydrogen) atoms. The Morgan fingerprint density at radius 1 is 1.04 bits per heavy atom. The van der Waals surface area contributed by atoms with E-state index in [4.69, 9.17) is 4.74 Å². The summed E-state index contributed by atoms with van der Waals surface area (Å²) in [6.45, 7) is 3.41. The van der Waals surface area contributed by atoms with Crippen LogP contribution < -0.4 is 15.0 Å². The molecule has 0 saturated carbocycles. The van der Waals surface area contributed by atoms with Crippen molar-refractivity contribution >= 4 is 22.4 Å². The number of benzene rings is 2. The first-order valence-corrected chi connectivity index (χ1v) is 9.55. The van der Waals surface area contributed by atoms with E-state index in [2.05, 4.69) is 15.2 Å². The standard InChI is InChI=1S/C20H19N3O3S/c24-19(25)18-17(22-20(27-18)23-12-10-21-11-13-23)14-6-8-16(9-7-14)26-15-4-2-1-3-5-15/h1-9,21H,10-13H2,(H,24,25). The average Bonchev–Trinajstić information content (AvgIpc) is 3.16. The Morgan fingerprint density at radius 2 is 1.70 bits per heavy atom. The number of anilines is 1. The number of carbonyl (C=O) groups is 1. The molecular weight excluding hydrogens is 362 g/mol. The van der Waals surface area contributed by atoms with Crippen molar-refractivity contribution in [1.29, 1.82) is 0 Å². The third-order valence-corrected chi connectivity index (χ3v) is 5.41. The molecule has 2 N–H and O–H groups in total. The molecule has 1 aromatic heterocycles. The van der Waals surface area contributed by atoms with E-state index in [1.165, 1.54) is 11.3 Å². The van der Waals surface area contributed by atoms with Crippen LogP contribution >= 0.6 is 11.3 Å². The van der Waals surface area contributed by atoms with Gasteiger partial charge in [0.05, 0.1) is 5.69 Å². The highest BCUT2D eigenvalue weighted by molar-refractivity contribution is 7.17. The van der Waals surface area contributed by atoms with Crippen LogP contribution in [0.4, 0.5) is 5.13 Å². The number of aromatic nitrogens is 1. The summed E-state index contributed by atoms with van der Waals surface area (Å²) in [7, 11) is 0. The van der Waals surface area contributed by atoms with Gasteiger partial charge in [-0.05, 0) is 36.4 Å². The topological polar surface area (TPSA) is 74.7 Å². The van der Waals surface area contributed by atoms with Crippen LogP contribution in [0.2, 0.25) is 0 Å². The fraction of sp³-hybridized carbons (Fsp3) is 0.200. The first-order chi connectivity index (χ1) is 13.2. The van der Waals surface area contributed by atoms with Gasteiger partial charge in [-0.1, -0.05) is 29.5 Å². The van der Waals surface area contributed by atoms with Crippen LogP contribution in [0.15, 0.2) is 54.6 Å². The normalized spacial score (nSPS) is 14.1. The lowest BCUT2D eigenvalue weighted by Crippen LogP contribution is -2.43. The molecule has 2 aromatic carbocycles. The molecule has 0 unspecified atom stereocenters. The molecule has 7 heteroatoms. The predicted octanol–water partition coefficient (Wildman–Crippen LogP) is 3.71. The molecule has 1 saturated heterocycles. The summed E-state index contributed by atoms with van der Waals surface area (Å²) < 4.78 is 5.80. The number of aromatic carboxylic acids is 1. The second kappa shape index (κ2) is 7.77. The van der Waals surface area contributed by atoms with Gasteiger partial charge < -0.3 is 20.1 Å². The van der Waals surface area contributed by atoms with Crippen LogP contribution in [0.3, 0.4) is 0 Å². The summed E-state index contributed by atoms with van der Waals surface area (Å²) in [5, 5.41) is 13.7. The highest BCUT2D eigenvalue weighted by atomic mass is 32.1. The van der Waals surface area contributed by atoms with E-state index in [1.807, 2.05) is 54.6 Å². The maximum absolute atomic E-state index is 11.7. The first kappa shape index (κ1) is 17.5. The zero-order chi connectivity index (χ0) is 18.6. The number of nitrogens with zero attached hydrogens (tertiary/aromatic N) is 2. The van der Waals surface area contributed by atoms with Crippen molar-refractivity contribution in [1.82, 2.24) is 10.3 Å². The summed E-state index contributed by atoms with van der Waals surface area (Å²) in [4.78, 5) is 18.7. The van der Waals surface area contributed by atoms with E-state index >= 15 is 0 Å². The van der Waals surface area contributed by atoms with E-state index in [9.17, 15) is 9.90 Å². The quantitative estimate of drug-likeness (QED) is 0.702. The van der Waals surface area contributed by atoms with E-state index in [0.29, 0.717) is 11.4 Å². The third kappa shape index (κ3) is 3.94. The fourth-order valence-electron chi connectivity index (χ4n) is 2.95. The fourth-order valence-corrected chi connectivity index (χ4v) is 3.92. The SMILES string of the molecule is O=C(O)c1sc(N2CCNCC2)nc1-c1ccc(Oc2ccccc2)cc1. The number of rotatable bonds is 5. The van der Waals surface area contributed by atoms with Crippen LogP contribution in [0.25, 0.3) is 11.3 Å². The second-order valence-electron chi connectivity index (χ2n) is 6.16. The minimum atomic E-state index is -0.950. The highest BCUT2D eigenvalue weighted by Gasteiger charge is 2.22. The van der Waals surface area contributed by atoms with Gasteiger partial charge in [-0.25, -0.2) is 9.78 Å².